The van der Waals surface area contributed by atoms with Crippen molar-refractivity contribution in [1.82, 2.24) is 20.2 Å². The number of rotatable bonds is 7. The molecule has 0 aliphatic carbocycles. The average Bonchev–Trinajstić information content (AvgIpc) is 3.26. The Labute approximate surface area is 154 Å². The van der Waals surface area contributed by atoms with Crippen LogP contribution in [-0.4, -0.2) is 31.4 Å². The number of carbonyl (C=O) groups excluding carboxylic acids is 1. The summed E-state index contributed by atoms with van der Waals surface area (Å²) in [6.07, 6.45) is 0.875. The van der Waals surface area contributed by atoms with Gasteiger partial charge in [-0.2, -0.15) is 0 Å². The smallest absolute Gasteiger partial charge is 0.237 e. The summed E-state index contributed by atoms with van der Waals surface area (Å²) in [6.45, 7) is 4.56. The molecule has 0 spiro atoms. The van der Waals surface area contributed by atoms with Crippen molar-refractivity contribution in [3.05, 3.63) is 52.2 Å². The number of thiophene rings is 1. The predicted octanol–water partition coefficient (Wildman–Crippen LogP) is 3.41. The number of thioether (sulfide) groups is 1. The molecule has 1 amide bonds. The molecule has 25 heavy (non-hydrogen) atoms. The first-order chi connectivity index (χ1) is 12.1. The van der Waals surface area contributed by atoms with Crippen LogP contribution in [0.4, 0.5) is 5.69 Å². The fourth-order valence-electron chi connectivity index (χ4n) is 2.18. The maximum Gasteiger partial charge on any atom is 0.237 e. The van der Waals surface area contributed by atoms with Crippen LogP contribution >= 0.6 is 23.1 Å². The zero-order valence-electron chi connectivity index (χ0n) is 14.0. The summed E-state index contributed by atoms with van der Waals surface area (Å²) in [4.78, 5) is 13.7. The number of hydrogen-bond acceptors (Lipinski definition) is 6. The van der Waals surface area contributed by atoms with Gasteiger partial charge in [-0.25, -0.2) is 4.68 Å². The van der Waals surface area contributed by atoms with E-state index in [0.717, 1.165) is 17.7 Å². The number of amides is 1. The standard InChI is InChI=1S/C17H19N5OS2/c1-12-5-7-14(8-6-12)18-16(23)13(2)25-17-19-20-21-22(17)10-9-15-4-3-11-24-15/h3-8,11,13H,9-10H2,1-2H3,(H,18,23). The summed E-state index contributed by atoms with van der Waals surface area (Å²) in [5.41, 5.74) is 1.95. The van der Waals surface area contributed by atoms with Gasteiger partial charge in [0.25, 0.3) is 0 Å². The van der Waals surface area contributed by atoms with Crippen molar-refractivity contribution in [1.29, 1.82) is 0 Å². The van der Waals surface area contributed by atoms with Gasteiger partial charge in [0.1, 0.15) is 0 Å². The first kappa shape index (κ1) is 17.6. The van der Waals surface area contributed by atoms with Crippen molar-refractivity contribution >= 4 is 34.7 Å². The Kier molecular flexibility index (Phi) is 5.83. The van der Waals surface area contributed by atoms with Crippen LogP contribution in [0.15, 0.2) is 46.9 Å². The molecule has 2 aromatic heterocycles. The third-order valence-corrected chi connectivity index (χ3v) is 5.63. The molecule has 0 aliphatic heterocycles. The van der Waals surface area contributed by atoms with Crippen molar-refractivity contribution < 1.29 is 4.79 Å². The van der Waals surface area contributed by atoms with Crippen molar-refractivity contribution in [3.63, 3.8) is 0 Å². The molecule has 0 aliphatic rings. The van der Waals surface area contributed by atoms with E-state index in [-0.39, 0.29) is 11.2 Å². The van der Waals surface area contributed by atoms with E-state index in [1.165, 1.54) is 16.6 Å². The maximum absolute atomic E-state index is 12.4. The van der Waals surface area contributed by atoms with E-state index in [0.29, 0.717) is 11.7 Å². The first-order valence-corrected chi connectivity index (χ1v) is 9.70. The lowest BCUT2D eigenvalue weighted by atomic mass is 10.2. The molecular formula is C17H19N5OS2. The van der Waals surface area contributed by atoms with Gasteiger partial charge in [0, 0.05) is 17.0 Å². The van der Waals surface area contributed by atoms with Crippen molar-refractivity contribution in [2.75, 3.05) is 5.32 Å². The quantitative estimate of drug-likeness (QED) is 0.643. The van der Waals surface area contributed by atoms with E-state index < -0.39 is 0 Å². The van der Waals surface area contributed by atoms with E-state index in [4.69, 9.17) is 0 Å². The Bertz CT molecular complexity index is 814. The van der Waals surface area contributed by atoms with E-state index in [9.17, 15) is 4.79 Å². The summed E-state index contributed by atoms with van der Waals surface area (Å²) in [5, 5.41) is 17.2. The summed E-state index contributed by atoms with van der Waals surface area (Å²) >= 11 is 3.08. The molecule has 2 heterocycles. The topological polar surface area (TPSA) is 72.7 Å². The number of benzene rings is 1. The lowest BCUT2D eigenvalue weighted by Crippen LogP contribution is -2.23. The largest absolute Gasteiger partial charge is 0.325 e. The molecular weight excluding hydrogens is 354 g/mol. The van der Waals surface area contributed by atoms with Crippen LogP contribution in [0.25, 0.3) is 0 Å². The molecule has 0 bridgehead atoms. The highest BCUT2D eigenvalue weighted by Crippen LogP contribution is 2.22. The predicted molar refractivity (Wildman–Crippen MR) is 101 cm³/mol. The first-order valence-electron chi connectivity index (χ1n) is 7.94. The highest BCUT2D eigenvalue weighted by atomic mass is 32.2. The molecule has 0 radical (unpaired) electrons. The molecule has 6 nitrogen and oxygen atoms in total. The number of anilines is 1. The van der Waals surface area contributed by atoms with Gasteiger partial charge in [-0.1, -0.05) is 35.5 Å². The third kappa shape index (κ3) is 4.90. The molecule has 3 rings (SSSR count). The fourth-order valence-corrected chi connectivity index (χ4v) is 3.70. The minimum Gasteiger partial charge on any atom is -0.325 e. The van der Waals surface area contributed by atoms with Gasteiger partial charge in [0.15, 0.2) is 0 Å². The number of hydrogen-bond donors (Lipinski definition) is 1. The minimum atomic E-state index is -0.298. The third-order valence-electron chi connectivity index (χ3n) is 3.62. The van der Waals surface area contributed by atoms with Crippen LogP contribution in [0.2, 0.25) is 0 Å². The van der Waals surface area contributed by atoms with Gasteiger partial charge >= 0.3 is 0 Å². The summed E-state index contributed by atoms with van der Waals surface area (Å²) in [5.74, 6) is -0.0679. The zero-order valence-corrected chi connectivity index (χ0v) is 15.7. The molecule has 0 saturated carbocycles. The molecule has 1 atom stereocenters. The van der Waals surface area contributed by atoms with E-state index >= 15 is 0 Å². The summed E-state index contributed by atoms with van der Waals surface area (Å²) in [7, 11) is 0. The van der Waals surface area contributed by atoms with Crippen LogP contribution in [0.5, 0.6) is 0 Å². The van der Waals surface area contributed by atoms with Gasteiger partial charge in [-0.15, -0.1) is 16.4 Å². The highest BCUT2D eigenvalue weighted by Gasteiger charge is 2.18. The zero-order chi connectivity index (χ0) is 17.6. The molecule has 130 valence electrons. The second-order valence-electron chi connectivity index (χ2n) is 5.63. The van der Waals surface area contributed by atoms with Crippen LogP contribution in [0.3, 0.4) is 0 Å². The second-order valence-corrected chi connectivity index (χ2v) is 7.97. The normalized spacial score (nSPS) is 12.1. The van der Waals surface area contributed by atoms with Gasteiger partial charge in [-0.3, -0.25) is 4.79 Å². The number of tetrazole rings is 1. The number of aryl methyl sites for hydroxylation is 3. The maximum atomic E-state index is 12.4. The molecule has 0 saturated heterocycles. The van der Waals surface area contributed by atoms with E-state index in [2.05, 4.69) is 32.3 Å². The monoisotopic (exact) mass is 373 g/mol. The van der Waals surface area contributed by atoms with Crippen LogP contribution < -0.4 is 5.32 Å². The van der Waals surface area contributed by atoms with Crippen LogP contribution in [0.1, 0.15) is 17.4 Å². The summed E-state index contributed by atoms with van der Waals surface area (Å²) in [6, 6.07) is 11.9. The number of nitrogens with zero attached hydrogens (tertiary/aromatic N) is 4. The molecule has 3 aromatic rings. The Hall–Kier alpha value is -2.19. The molecule has 0 fully saturated rings. The van der Waals surface area contributed by atoms with Gasteiger partial charge < -0.3 is 5.32 Å². The number of aromatic nitrogens is 4. The molecule has 1 N–H and O–H groups in total. The van der Waals surface area contributed by atoms with Crippen LogP contribution in [-0.2, 0) is 17.8 Å². The van der Waals surface area contributed by atoms with Crippen molar-refractivity contribution in [2.45, 2.75) is 37.2 Å². The van der Waals surface area contributed by atoms with E-state index in [1.54, 1.807) is 16.0 Å². The van der Waals surface area contributed by atoms with Gasteiger partial charge in [-0.05, 0) is 47.9 Å². The lowest BCUT2D eigenvalue weighted by Gasteiger charge is -2.11. The fraction of sp³-hybridized carbons (Fsp3) is 0.294. The molecule has 1 unspecified atom stereocenters. The lowest BCUT2D eigenvalue weighted by molar-refractivity contribution is -0.115. The van der Waals surface area contributed by atoms with Gasteiger partial charge in [0.05, 0.1) is 11.8 Å². The second kappa shape index (κ2) is 8.26. The Morgan fingerprint density at radius 2 is 2.12 bits per heavy atom. The van der Waals surface area contributed by atoms with E-state index in [1.807, 2.05) is 44.2 Å². The molecule has 8 heteroatoms. The van der Waals surface area contributed by atoms with Crippen molar-refractivity contribution in [3.8, 4) is 0 Å². The molecule has 1 aromatic carbocycles. The SMILES string of the molecule is Cc1ccc(NC(=O)C(C)Sc2nnnn2CCc2cccs2)cc1. The minimum absolute atomic E-state index is 0.0679. The number of nitrogens with one attached hydrogen (secondary N) is 1. The van der Waals surface area contributed by atoms with Gasteiger partial charge in [0.2, 0.25) is 11.1 Å². The summed E-state index contributed by atoms with van der Waals surface area (Å²) < 4.78 is 1.75. The number of carbonyl (C=O) groups is 1. The Morgan fingerprint density at radius 3 is 2.84 bits per heavy atom. The van der Waals surface area contributed by atoms with Crippen LogP contribution in [0, 0.1) is 6.92 Å². The highest BCUT2D eigenvalue weighted by molar-refractivity contribution is 8.00. The Balaban J connectivity index is 1.57. The Morgan fingerprint density at radius 1 is 1.32 bits per heavy atom. The van der Waals surface area contributed by atoms with Crippen molar-refractivity contribution in [2.24, 2.45) is 0 Å². The average molecular weight is 374 g/mol.